The van der Waals surface area contributed by atoms with Crippen molar-refractivity contribution in [2.45, 2.75) is 25.2 Å². The molecular formula is C18H21N3O3S2. The normalized spacial score (nSPS) is 11.0. The van der Waals surface area contributed by atoms with E-state index in [0.717, 1.165) is 5.56 Å². The largest absolute Gasteiger partial charge is 0.332 e. The van der Waals surface area contributed by atoms with E-state index in [9.17, 15) is 13.2 Å². The van der Waals surface area contributed by atoms with Gasteiger partial charge in [0.2, 0.25) is 10.0 Å². The van der Waals surface area contributed by atoms with Gasteiger partial charge in [-0.1, -0.05) is 24.6 Å². The van der Waals surface area contributed by atoms with Crippen LogP contribution in [0, 0.1) is 6.92 Å². The van der Waals surface area contributed by atoms with Crippen molar-refractivity contribution in [3.8, 4) is 0 Å². The molecule has 2 aromatic rings. The fraction of sp³-hybridized carbons (Fsp3) is 0.222. The van der Waals surface area contributed by atoms with Gasteiger partial charge in [-0.05, 0) is 62.0 Å². The van der Waals surface area contributed by atoms with Gasteiger partial charge in [-0.3, -0.25) is 10.1 Å². The van der Waals surface area contributed by atoms with Crippen LogP contribution >= 0.6 is 12.2 Å². The van der Waals surface area contributed by atoms with Gasteiger partial charge in [-0.15, -0.1) is 0 Å². The molecule has 6 nitrogen and oxygen atoms in total. The molecule has 1 amide bonds. The number of thiocarbonyl (C=S) groups is 1. The molecule has 26 heavy (non-hydrogen) atoms. The number of rotatable bonds is 6. The number of carbonyl (C=O) groups excluding carboxylic acids is 1. The molecule has 2 rings (SSSR count). The smallest absolute Gasteiger partial charge is 0.257 e. The van der Waals surface area contributed by atoms with Gasteiger partial charge < -0.3 is 5.32 Å². The highest BCUT2D eigenvalue weighted by molar-refractivity contribution is 7.89. The van der Waals surface area contributed by atoms with Crippen molar-refractivity contribution in [3.63, 3.8) is 0 Å². The Labute approximate surface area is 159 Å². The molecule has 0 atom stereocenters. The topological polar surface area (TPSA) is 87.3 Å². The molecule has 0 radical (unpaired) electrons. The summed E-state index contributed by atoms with van der Waals surface area (Å²) in [6.07, 6.45) is 0.716. The zero-order valence-electron chi connectivity index (χ0n) is 14.6. The lowest BCUT2D eigenvalue weighted by Crippen LogP contribution is -2.34. The Morgan fingerprint density at radius 2 is 1.65 bits per heavy atom. The first-order valence-corrected chi connectivity index (χ1v) is 9.99. The Morgan fingerprint density at radius 3 is 2.23 bits per heavy atom. The van der Waals surface area contributed by atoms with E-state index in [-0.39, 0.29) is 15.9 Å². The summed E-state index contributed by atoms with van der Waals surface area (Å²) >= 11 is 5.13. The number of sulfonamides is 1. The Kier molecular flexibility index (Phi) is 6.84. The average Bonchev–Trinajstić information content (AvgIpc) is 2.61. The summed E-state index contributed by atoms with van der Waals surface area (Å²) in [6, 6.07) is 13.3. The fourth-order valence-corrected chi connectivity index (χ4v) is 3.42. The number of anilines is 1. The summed E-state index contributed by atoms with van der Waals surface area (Å²) in [5, 5.41) is 5.58. The third-order valence-electron chi connectivity index (χ3n) is 3.51. The number of benzene rings is 2. The van der Waals surface area contributed by atoms with E-state index in [1.807, 2.05) is 26.0 Å². The van der Waals surface area contributed by atoms with Gasteiger partial charge in [-0.25, -0.2) is 13.1 Å². The molecule has 0 unspecified atom stereocenters. The maximum absolute atomic E-state index is 12.1. The second kappa shape index (κ2) is 8.88. The third kappa shape index (κ3) is 5.62. The zero-order chi connectivity index (χ0) is 19.2. The van der Waals surface area contributed by atoms with Crippen molar-refractivity contribution in [2.75, 3.05) is 11.9 Å². The molecule has 2 aromatic carbocycles. The molecule has 0 fully saturated rings. The van der Waals surface area contributed by atoms with Gasteiger partial charge in [0, 0.05) is 17.8 Å². The van der Waals surface area contributed by atoms with Crippen molar-refractivity contribution < 1.29 is 13.2 Å². The number of carbonyl (C=O) groups is 1. The van der Waals surface area contributed by atoms with Gasteiger partial charge in [0.25, 0.3) is 5.91 Å². The van der Waals surface area contributed by atoms with E-state index in [1.54, 1.807) is 24.3 Å². The summed E-state index contributed by atoms with van der Waals surface area (Å²) in [5.74, 6) is -0.314. The minimum atomic E-state index is -3.51. The summed E-state index contributed by atoms with van der Waals surface area (Å²) in [5.41, 5.74) is 2.14. The molecule has 0 heterocycles. The number of aryl methyl sites for hydroxylation is 1. The predicted octanol–water partition coefficient (Wildman–Crippen LogP) is 2.81. The van der Waals surface area contributed by atoms with Gasteiger partial charge >= 0.3 is 0 Å². The number of amides is 1. The van der Waals surface area contributed by atoms with Crippen LogP contribution in [0.2, 0.25) is 0 Å². The van der Waals surface area contributed by atoms with E-state index in [4.69, 9.17) is 12.2 Å². The van der Waals surface area contributed by atoms with Crippen LogP contribution in [-0.2, 0) is 10.0 Å². The van der Waals surface area contributed by atoms with E-state index in [1.165, 1.54) is 12.1 Å². The molecule has 0 aliphatic carbocycles. The van der Waals surface area contributed by atoms with Crippen LogP contribution in [0.4, 0.5) is 5.69 Å². The van der Waals surface area contributed by atoms with Crippen LogP contribution in [0.25, 0.3) is 0 Å². The van der Waals surface area contributed by atoms with E-state index >= 15 is 0 Å². The first-order valence-electron chi connectivity index (χ1n) is 8.10. The van der Waals surface area contributed by atoms with Crippen molar-refractivity contribution >= 4 is 38.9 Å². The molecule has 0 saturated heterocycles. The second-order valence-corrected chi connectivity index (χ2v) is 7.87. The number of hydrogen-bond acceptors (Lipinski definition) is 4. The highest BCUT2D eigenvalue weighted by Gasteiger charge is 2.13. The molecule has 138 valence electrons. The summed E-state index contributed by atoms with van der Waals surface area (Å²) in [4.78, 5) is 12.3. The van der Waals surface area contributed by atoms with Crippen LogP contribution in [0.3, 0.4) is 0 Å². The molecule has 0 saturated carbocycles. The standard InChI is InChI=1S/C18H21N3O3S2/c1-3-12-19-26(23,24)16-10-8-15(9-11-16)20-18(25)21-17(22)14-6-4-13(2)5-7-14/h4-11,19H,3,12H2,1-2H3,(H2,20,21,22,25). The lowest BCUT2D eigenvalue weighted by molar-refractivity contribution is 0.0977. The van der Waals surface area contributed by atoms with Gasteiger partial charge in [-0.2, -0.15) is 0 Å². The number of hydrogen-bond donors (Lipinski definition) is 3. The monoisotopic (exact) mass is 391 g/mol. The first-order chi connectivity index (χ1) is 12.3. The minimum absolute atomic E-state index is 0.135. The lowest BCUT2D eigenvalue weighted by Gasteiger charge is -2.11. The summed E-state index contributed by atoms with van der Waals surface area (Å²) in [7, 11) is -3.51. The predicted molar refractivity (Wildman–Crippen MR) is 107 cm³/mol. The minimum Gasteiger partial charge on any atom is -0.332 e. The quantitative estimate of drug-likeness (QED) is 0.659. The molecule has 0 aliphatic rings. The van der Waals surface area contributed by atoms with Crippen molar-refractivity contribution in [3.05, 3.63) is 59.7 Å². The highest BCUT2D eigenvalue weighted by Crippen LogP contribution is 2.14. The average molecular weight is 392 g/mol. The second-order valence-electron chi connectivity index (χ2n) is 5.70. The SMILES string of the molecule is CCCNS(=O)(=O)c1ccc(NC(=S)NC(=O)c2ccc(C)cc2)cc1. The highest BCUT2D eigenvalue weighted by atomic mass is 32.2. The Morgan fingerprint density at radius 1 is 1.04 bits per heavy atom. The van der Waals surface area contributed by atoms with Gasteiger partial charge in [0.05, 0.1) is 4.90 Å². The van der Waals surface area contributed by atoms with Crippen molar-refractivity contribution in [1.29, 1.82) is 0 Å². The van der Waals surface area contributed by atoms with Crippen LogP contribution in [0.5, 0.6) is 0 Å². The van der Waals surface area contributed by atoms with Gasteiger partial charge in [0.15, 0.2) is 5.11 Å². The first kappa shape index (κ1) is 20.0. The molecule has 3 N–H and O–H groups in total. The molecule has 0 bridgehead atoms. The summed E-state index contributed by atoms with van der Waals surface area (Å²) < 4.78 is 26.6. The zero-order valence-corrected chi connectivity index (χ0v) is 16.2. The van der Waals surface area contributed by atoms with E-state index < -0.39 is 10.0 Å². The molecule has 0 aromatic heterocycles. The Balaban J connectivity index is 1.97. The number of nitrogens with one attached hydrogen (secondary N) is 3. The molecule has 0 aliphatic heterocycles. The molecule has 8 heteroatoms. The molecule has 0 spiro atoms. The Bertz CT molecular complexity index is 877. The van der Waals surface area contributed by atoms with Crippen molar-refractivity contribution in [2.24, 2.45) is 0 Å². The van der Waals surface area contributed by atoms with Crippen LogP contribution in [0.15, 0.2) is 53.4 Å². The van der Waals surface area contributed by atoms with Crippen LogP contribution in [0.1, 0.15) is 29.3 Å². The van der Waals surface area contributed by atoms with Gasteiger partial charge in [0.1, 0.15) is 0 Å². The van der Waals surface area contributed by atoms with E-state index in [2.05, 4.69) is 15.4 Å². The third-order valence-corrected chi connectivity index (χ3v) is 5.19. The maximum atomic E-state index is 12.1. The molecular weight excluding hydrogens is 370 g/mol. The van der Waals surface area contributed by atoms with Crippen molar-refractivity contribution in [1.82, 2.24) is 10.0 Å². The van der Waals surface area contributed by atoms with E-state index in [0.29, 0.717) is 24.2 Å². The lowest BCUT2D eigenvalue weighted by atomic mass is 10.1. The van der Waals surface area contributed by atoms with Crippen LogP contribution in [-0.4, -0.2) is 26.0 Å². The summed E-state index contributed by atoms with van der Waals surface area (Å²) in [6.45, 7) is 4.22. The Hall–Kier alpha value is -2.29. The van der Waals surface area contributed by atoms with Crippen LogP contribution < -0.4 is 15.4 Å². The fourth-order valence-electron chi connectivity index (χ4n) is 2.08. The maximum Gasteiger partial charge on any atom is 0.257 e.